The van der Waals surface area contributed by atoms with Gasteiger partial charge in [0.2, 0.25) is 11.8 Å². The van der Waals surface area contributed by atoms with Gasteiger partial charge in [-0.2, -0.15) is 0 Å². The molecule has 2 aliphatic heterocycles. The number of ether oxygens (including phenoxy) is 2. The molecule has 4 aliphatic rings. The number of amides is 2. The summed E-state index contributed by atoms with van der Waals surface area (Å²) in [5.41, 5.74) is 1.33. The van der Waals surface area contributed by atoms with Crippen molar-refractivity contribution in [1.82, 2.24) is 10.2 Å². The van der Waals surface area contributed by atoms with Gasteiger partial charge >= 0.3 is 0 Å². The molecule has 178 valence electrons. The SMILES string of the molecule is O=C(NCCO)C1=C[C@@H](N(C(=O)C2CCOC2)C2CCCC2)[C@H](O)[C@H]2Oc3ccccc3[C@@H]12. The van der Waals surface area contributed by atoms with E-state index in [0.29, 0.717) is 31.0 Å². The van der Waals surface area contributed by atoms with Crippen molar-refractivity contribution in [3.8, 4) is 5.75 Å². The van der Waals surface area contributed by atoms with Crippen LogP contribution in [0.25, 0.3) is 0 Å². The Hall–Kier alpha value is -2.42. The second-order valence-corrected chi connectivity index (χ2v) is 9.42. The fourth-order valence-electron chi connectivity index (χ4n) is 5.85. The summed E-state index contributed by atoms with van der Waals surface area (Å²) in [4.78, 5) is 28.7. The predicted octanol–water partition coefficient (Wildman–Crippen LogP) is 1.12. The third kappa shape index (κ3) is 4.05. The lowest BCUT2D eigenvalue weighted by Crippen LogP contribution is -2.59. The first-order chi connectivity index (χ1) is 16.1. The average molecular weight is 457 g/mol. The monoisotopic (exact) mass is 456 g/mol. The molecule has 1 saturated heterocycles. The maximum absolute atomic E-state index is 13.7. The van der Waals surface area contributed by atoms with Crippen molar-refractivity contribution in [3.05, 3.63) is 41.5 Å². The van der Waals surface area contributed by atoms with E-state index in [1.54, 1.807) is 6.08 Å². The fourth-order valence-corrected chi connectivity index (χ4v) is 5.85. The molecule has 2 aliphatic carbocycles. The van der Waals surface area contributed by atoms with Crippen molar-refractivity contribution in [3.63, 3.8) is 0 Å². The Labute approximate surface area is 193 Å². The number of aliphatic hydroxyl groups excluding tert-OH is 2. The Kier molecular flexibility index (Phi) is 6.40. The van der Waals surface area contributed by atoms with E-state index in [0.717, 1.165) is 31.2 Å². The summed E-state index contributed by atoms with van der Waals surface area (Å²) in [6.45, 7) is 0.927. The quantitative estimate of drug-likeness (QED) is 0.592. The smallest absolute Gasteiger partial charge is 0.247 e. The topological polar surface area (TPSA) is 108 Å². The molecule has 1 aromatic carbocycles. The van der Waals surface area contributed by atoms with E-state index in [9.17, 15) is 19.8 Å². The van der Waals surface area contributed by atoms with Crippen LogP contribution >= 0.6 is 0 Å². The van der Waals surface area contributed by atoms with E-state index in [-0.39, 0.29) is 36.9 Å². The standard InChI is InChI=1S/C25H32N2O6/c28-11-10-26-24(30)18-13-19(22(29)23-21(18)17-7-3-4-8-20(17)33-23)27(16-5-1-2-6-16)25(31)15-9-12-32-14-15/h3-4,7-8,13,15-16,19,21-23,28-29H,1-2,5-6,9-12,14H2,(H,26,30)/t15?,19-,21+,22+,23+/m1/s1. The Morgan fingerprint density at radius 1 is 1.15 bits per heavy atom. The molecule has 1 saturated carbocycles. The van der Waals surface area contributed by atoms with E-state index in [4.69, 9.17) is 9.47 Å². The lowest BCUT2D eigenvalue weighted by atomic mass is 9.77. The maximum atomic E-state index is 13.7. The highest BCUT2D eigenvalue weighted by atomic mass is 16.5. The van der Waals surface area contributed by atoms with Gasteiger partial charge in [0.1, 0.15) is 18.0 Å². The van der Waals surface area contributed by atoms with Crippen molar-refractivity contribution in [2.75, 3.05) is 26.4 Å². The highest BCUT2D eigenvalue weighted by Gasteiger charge is 2.52. The van der Waals surface area contributed by atoms with Gasteiger partial charge in [-0.05, 0) is 31.4 Å². The number of hydrogen-bond acceptors (Lipinski definition) is 6. The summed E-state index contributed by atoms with van der Waals surface area (Å²) in [6, 6.07) is 6.87. The number of carbonyl (C=O) groups is 2. The number of hydrogen-bond donors (Lipinski definition) is 3. The molecule has 8 nitrogen and oxygen atoms in total. The Balaban J connectivity index is 1.54. The van der Waals surface area contributed by atoms with Crippen LogP contribution in [0.5, 0.6) is 5.75 Å². The molecule has 3 N–H and O–H groups in total. The zero-order chi connectivity index (χ0) is 22.9. The van der Waals surface area contributed by atoms with Crippen LogP contribution in [0.15, 0.2) is 35.9 Å². The summed E-state index contributed by atoms with van der Waals surface area (Å²) in [7, 11) is 0. The van der Waals surface area contributed by atoms with Crippen molar-refractivity contribution < 1.29 is 29.3 Å². The Bertz CT molecular complexity index is 921. The molecule has 2 fully saturated rings. The minimum atomic E-state index is -0.969. The molecule has 1 unspecified atom stereocenters. The van der Waals surface area contributed by atoms with Crippen LogP contribution in [-0.2, 0) is 14.3 Å². The van der Waals surface area contributed by atoms with E-state index >= 15 is 0 Å². The van der Waals surface area contributed by atoms with Crippen LogP contribution in [0.4, 0.5) is 0 Å². The number of rotatable bonds is 6. The van der Waals surface area contributed by atoms with Gasteiger partial charge < -0.3 is 29.9 Å². The molecule has 33 heavy (non-hydrogen) atoms. The number of fused-ring (bicyclic) bond motifs is 3. The molecule has 5 atom stereocenters. The molecular formula is C25H32N2O6. The first kappa shape index (κ1) is 22.4. The van der Waals surface area contributed by atoms with Gasteiger partial charge in [0.15, 0.2) is 0 Å². The molecule has 0 radical (unpaired) electrons. The van der Waals surface area contributed by atoms with Gasteiger partial charge in [-0.25, -0.2) is 0 Å². The Morgan fingerprint density at radius 2 is 1.94 bits per heavy atom. The first-order valence-corrected chi connectivity index (χ1v) is 12.0. The predicted molar refractivity (Wildman–Crippen MR) is 120 cm³/mol. The average Bonchev–Trinajstić information content (AvgIpc) is 3.60. The molecular weight excluding hydrogens is 424 g/mol. The van der Waals surface area contributed by atoms with E-state index < -0.39 is 24.2 Å². The largest absolute Gasteiger partial charge is 0.486 e. The van der Waals surface area contributed by atoms with E-state index in [2.05, 4.69) is 5.32 Å². The third-order valence-electron chi connectivity index (χ3n) is 7.45. The summed E-state index contributed by atoms with van der Waals surface area (Å²) >= 11 is 0. The van der Waals surface area contributed by atoms with Crippen LogP contribution in [0.3, 0.4) is 0 Å². The minimum absolute atomic E-state index is 0.0104. The number of nitrogens with zero attached hydrogens (tertiary/aromatic N) is 1. The number of carbonyl (C=O) groups excluding carboxylic acids is 2. The lowest BCUT2D eigenvalue weighted by Gasteiger charge is -2.44. The number of para-hydroxylation sites is 1. The van der Waals surface area contributed by atoms with Gasteiger partial charge in [-0.3, -0.25) is 9.59 Å². The van der Waals surface area contributed by atoms with Crippen LogP contribution < -0.4 is 10.1 Å². The molecule has 0 spiro atoms. The second kappa shape index (κ2) is 9.44. The third-order valence-corrected chi connectivity index (χ3v) is 7.45. The van der Waals surface area contributed by atoms with E-state index in [1.165, 1.54) is 0 Å². The highest BCUT2D eigenvalue weighted by Crippen LogP contribution is 2.47. The normalized spacial score (nSPS) is 30.8. The van der Waals surface area contributed by atoms with Crippen molar-refractivity contribution in [2.24, 2.45) is 5.92 Å². The maximum Gasteiger partial charge on any atom is 0.247 e. The van der Waals surface area contributed by atoms with Crippen molar-refractivity contribution in [1.29, 1.82) is 0 Å². The molecule has 8 heteroatoms. The van der Waals surface area contributed by atoms with Gasteiger partial charge in [0, 0.05) is 30.3 Å². The minimum Gasteiger partial charge on any atom is -0.486 e. The fraction of sp³-hybridized carbons (Fsp3) is 0.600. The number of nitrogens with one attached hydrogen (secondary N) is 1. The van der Waals surface area contributed by atoms with Gasteiger partial charge in [0.05, 0.1) is 31.1 Å². The van der Waals surface area contributed by atoms with Gasteiger partial charge in [-0.1, -0.05) is 31.0 Å². The first-order valence-electron chi connectivity index (χ1n) is 12.0. The zero-order valence-corrected chi connectivity index (χ0v) is 18.7. The summed E-state index contributed by atoms with van der Waals surface area (Å²) < 4.78 is 11.7. The van der Waals surface area contributed by atoms with Crippen molar-refractivity contribution >= 4 is 11.8 Å². The lowest BCUT2D eigenvalue weighted by molar-refractivity contribution is -0.144. The van der Waals surface area contributed by atoms with Crippen molar-refractivity contribution in [2.45, 2.75) is 62.3 Å². The number of benzene rings is 1. The Morgan fingerprint density at radius 3 is 2.67 bits per heavy atom. The second-order valence-electron chi connectivity index (χ2n) is 9.42. The number of aliphatic hydroxyl groups is 2. The molecule has 0 aromatic heterocycles. The van der Waals surface area contributed by atoms with E-state index in [1.807, 2.05) is 29.2 Å². The summed E-state index contributed by atoms with van der Waals surface area (Å²) in [6.07, 6.45) is 4.67. The molecule has 0 bridgehead atoms. The van der Waals surface area contributed by atoms with Gasteiger partial charge in [0.25, 0.3) is 0 Å². The molecule has 1 aromatic rings. The van der Waals surface area contributed by atoms with Crippen LogP contribution in [0.2, 0.25) is 0 Å². The highest BCUT2D eigenvalue weighted by molar-refractivity contribution is 5.96. The van der Waals surface area contributed by atoms with Gasteiger partial charge in [-0.15, -0.1) is 0 Å². The summed E-state index contributed by atoms with van der Waals surface area (Å²) in [5, 5.41) is 23.5. The van der Waals surface area contributed by atoms with Crippen LogP contribution in [-0.4, -0.2) is 77.6 Å². The molecule has 2 amide bonds. The van der Waals surface area contributed by atoms with Crippen LogP contribution in [0.1, 0.15) is 43.6 Å². The zero-order valence-electron chi connectivity index (χ0n) is 18.7. The summed E-state index contributed by atoms with van der Waals surface area (Å²) in [5.74, 6) is -0.321. The van der Waals surface area contributed by atoms with Crippen LogP contribution in [0, 0.1) is 5.92 Å². The molecule has 2 heterocycles. The molecule has 5 rings (SSSR count).